The molecule has 0 aliphatic heterocycles. The van der Waals surface area contributed by atoms with Gasteiger partial charge in [0.15, 0.2) is 0 Å². The van der Waals surface area contributed by atoms with Crippen LogP contribution in [0.15, 0.2) is 18.2 Å². The van der Waals surface area contributed by atoms with Crippen LogP contribution in [-0.2, 0) is 6.18 Å². The topological polar surface area (TPSA) is 40.5 Å². The third kappa shape index (κ3) is 3.87. The molecular formula is C13H16F3NO2. The van der Waals surface area contributed by atoms with Crippen molar-refractivity contribution in [2.24, 2.45) is 5.92 Å². The average molecular weight is 275 g/mol. The molecule has 0 aliphatic rings. The van der Waals surface area contributed by atoms with Crippen LogP contribution >= 0.6 is 0 Å². The van der Waals surface area contributed by atoms with E-state index in [0.29, 0.717) is 12.6 Å². The molecule has 0 saturated heterocycles. The number of rotatable bonds is 4. The van der Waals surface area contributed by atoms with Crippen LogP contribution in [0.3, 0.4) is 0 Å². The molecule has 0 fully saturated rings. The summed E-state index contributed by atoms with van der Waals surface area (Å²) in [5.74, 6) is -1.17. The maximum absolute atomic E-state index is 13.0. The molecule has 1 aromatic rings. The monoisotopic (exact) mass is 275 g/mol. The normalized spacial score (nSPS) is 11.7. The zero-order valence-electron chi connectivity index (χ0n) is 11.0. The summed E-state index contributed by atoms with van der Waals surface area (Å²) >= 11 is 0. The lowest BCUT2D eigenvalue weighted by molar-refractivity contribution is -0.137. The van der Waals surface area contributed by atoms with Crippen molar-refractivity contribution in [3.8, 4) is 0 Å². The van der Waals surface area contributed by atoms with Crippen molar-refractivity contribution in [3.05, 3.63) is 29.3 Å². The standard InChI is InChI=1S/C13H16F3NO2/c1-8(2)7-17(3)11-5-4-9(12(18)19)6-10(11)13(14,15)16/h4-6,8H,7H2,1-3H3,(H,18,19). The fourth-order valence-corrected chi connectivity index (χ4v) is 1.88. The Bertz CT molecular complexity index is 469. The molecule has 0 bridgehead atoms. The second-order valence-corrected chi connectivity index (χ2v) is 4.81. The number of carbonyl (C=O) groups is 1. The molecule has 0 spiro atoms. The van der Waals surface area contributed by atoms with Crippen LogP contribution < -0.4 is 4.90 Å². The van der Waals surface area contributed by atoms with Crippen molar-refractivity contribution in [1.29, 1.82) is 0 Å². The summed E-state index contributed by atoms with van der Waals surface area (Å²) in [6.07, 6.45) is -4.58. The van der Waals surface area contributed by atoms with Crippen LogP contribution in [-0.4, -0.2) is 24.7 Å². The molecule has 0 atom stereocenters. The molecule has 1 N–H and O–H groups in total. The number of carboxylic acid groups (broad SMARTS) is 1. The number of halogens is 3. The molecule has 19 heavy (non-hydrogen) atoms. The van der Waals surface area contributed by atoms with Crippen LogP contribution in [0, 0.1) is 5.92 Å². The van der Waals surface area contributed by atoms with E-state index in [0.717, 1.165) is 0 Å². The average Bonchev–Trinajstić information content (AvgIpc) is 2.25. The van der Waals surface area contributed by atoms with Gasteiger partial charge in [0.05, 0.1) is 11.1 Å². The highest BCUT2D eigenvalue weighted by Gasteiger charge is 2.35. The van der Waals surface area contributed by atoms with E-state index in [1.165, 1.54) is 17.0 Å². The minimum absolute atomic E-state index is 0.00815. The maximum atomic E-state index is 13.0. The van der Waals surface area contributed by atoms with Gasteiger partial charge in [-0.25, -0.2) is 4.79 Å². The number of alkyl halides is 3. The molecule has 0 amide bonds. The Labute approximate surface area is 109 Å². The first-order chi connectivity index (χ1) is 8.62. The van der Waals surface area contributed by atoms with Gasteiger partial charge >= 0.3 is 12.1 Å². The van der Waals surface area contributed by atoms with Crippen molar-refractivity contribution in [3.63, 3.8) is 0 Å². The number of carboxylic acids is 1. The minimum atomic E-state index is -4.58. The number of hydrogen-bond acceptors (Lipinski definition) is 2. The Hall–Kier alpha value is -1.72. The Morgan fingerprint density at radius 2 is 1.95 bits per heavy atom. The number of anilines is 1. The lowest BCUT2D eigenvalue weighted by atomic mass is 10.1. The molecule has 0 heterocycles. The summed E-state index contributed by atoms with van der Waals surface area (Å²) in [6.45, 7) is 4.25. The zero-order valence-corrected chi connectivity index (χ0v) is 11.0. The molecule has 0 aliphatic carbocycles. The van der Waals surface area contributed by atoms with Crippen molar-refractivity contribution in [2.45, 2.75) is 20.0 Å². The highest BCUT2D eigenvalue weighted by molar-refractivity contribution is 5.88. The predicted octanol–water partition coefficient (Wildman–Crippen LogP) is 3.50. The fourth-order valence-electron chi connectivity index (χ4n) is 1.88. The third-order valence-electron chi connectivity index (χ3n) is 2.60. The summed E-state index contributed by atoms with van der Waals surface area (Å²) in [5.41, 5.74) is -1.30. The van der Waals surface area contributed by atoms with Crippen molar-refractivity contribution in [1.82, 2.24) is 0 Å². The quantitative estimate of drug-likeness (QED) is 0.914. The van der Waals surface area contributed by atoms with Crippen molar-refractivity contribution in [2.75, 3.05) is 18.5 Å². The lowest BCUT2D eigenvalue weighted by Crippen LogP contribution is -2.25. The maximum Gasteiger partial charge on any atom is 0.418 e. The van der Waals surface area contributed by atoms with Crippen LogP contribution in [0.2, 0.25) is 0 Å². The van der Waals surface area contributed by atoms with E-state index in [4.69, 9.17) is 5.11 Å². The van der Waals surface area contributed by atoms with Gasteiger partial charge in [-0.3, -0.25) is 0 Å². The van der Waals surface area contributed by atoms with Crippen LogP contribution in [0.25, 0.3) is 0 Å². The van der Waals surface area contributed by atoms with Gasteiger partial charge in [0.1, 0.15) is 0 Å². The molecule has 6 heteroatoms. The van der Waals surface area contributed by atoms with Crippen LogP contribution in [0.4, 0.5) is 18.9 Å². The molecule has 0 saturated carbocycles. The van der Waals surface area contributed by atoms with Crippen molar-refractivity contribution >= 4 is 11.7 Å². The summed E-state index contributed by atoms with van der Waals surface area (Å²) in [4.78, 5) is 12.2. The Morgan fingerprint density at radius 1 is 1.37 bits per heavy atom. The van der Waals surface area contributed by atoms with Gasteiger partial charge in [0.25, 0.3) is 0 Å². The summed E-state index contributed by atoms with van der Waals surface area (Å²) in [5, 5.41) is 8.77. The predicted molar refractivity (Wildman–Crippen MR) is 66.5 cm³/mol. The second-order valence-electron chi connectivity index (χ2n) is 4.81. The first kappa shape index (κ1) is 15.3. The second kappa shape index (κ2) is 5.50. The highest BCUT2D eigenvalue weighted by Crippen LogP contribution is 2.37. The Balaban J connectivity index is 3.27. The smallest absolute Gasteiger partial charge is 0.418 e. The molecule has 3 nitrogen and oxygen atoms in total. The van der Waals surface area contributed by atoms with E-state index in [1.807, 2.05) is 13.8 Å². The number of nitrogens with zero attached hydrogens (tertiary/aromatic N) is 1. The largest absolute Gasteiger partial charge is 0.478 e. The SMILES string of the molecule is CC(C)CN(C)c1ccc(C(=O)O)cc1C(F)(F)F. The molecule has 1 aromatic carbocycles. The molecule has 0 unspecified atom stereocenters. The van der Waals surface area contributed by atoms with Gasteiger partial charge in [0.2, 0.25) is 0 Å². The Morgan fingerprint density at radius 3 is 2.37 bits per heavy atom. The molecule has 106 valence electrons. The van der Waals surface area contributed by atoms with Crippen LogP contribution in [0.5, 0.6) is 0 Å². The van der Waals surface area contributed by atoms with Crippen molar-refractivity contribution < 1.29 is 23.1 Å². The molecule has 0 aromatic heterocycles. The van der Waals surface area contributed by atoms with E-state index >= 15 is 0 Å². The summed E-state index contributed by atoms with van der Waals surface area (Å²) in [6, 6.07) is 3.06. The van der Waals surface area contributed by atoms with Crippen LogP contribution in [0.1, 0.15) is 29.8 Å². The van der Waals surface area contributed by atoms with Gasteiger partial charge in [-0.2, -0.15) is 13.2 Å². The van der Waals surface area contributed by atoms with E-state index in [1.54, 1.807) is 7.05 Å². The molecular weight excluding hydrogens is 259 g/mol. The van der Waals surface area contributed by atoms with E-state index < -0.39 is 17.7 Å². The number of benzene rings is 1. The third-order valence-corrected chi connectivity index (χ3v) is 2.60. The van der Waals surface area contributed by atoms with Gasteiger partial charge in [-0.15, -0.1) is 0 Å². The van der Waals surface area contributed by atoms with Gasteiger partial charge in [-0.05, 0) is 24.1 Å². The molecule has 0 radical (unpaired) electrons. The fraction of sp³-hybridized carbons (Fsp3) is 0.462. The van der Waals surface area contributed by atoms with Gasteiger partial charge < -0.3 is 10.0 Å². The van der Waals surface area contributed by atoms with Gasteiger partial charge in [-0.1, -0.05) is 13.8 Å². The first-order valence-electron chi connectivity index (χ1n) is 5.78. The van der Waals surface area contributed by atoms with E-state index in [9.17, 15) is 18.0 Å². The summed E-state index contributed by atoms with van der Waals surface area (Å²) < 4.78 is 38.9. The summed E-state index contributed by atoms with van der Waals surface area (Å²) in [7, 11) is 1.56. The molecule has 1 rings (SSSR count). The Kier molecular flexibility index (Phi) is 4.44. The van der Waals surface area contributed by atoms with Gasteiger partial charge in [0, 0.05) is 19.3 Å². The lowest BCUT2D eigenvalue weighted by Gasteiger charge is -2.25. The van der Waals surface area contributed by atoms with E-state index in [2.05, 4.69) is 0 Å². The number of aromatic carboxylic acids is 1. The first-order valence-corrected chi connectivity index (χ1v) is 5.78. The highest BCUT2D eigenvalue weighted by atomic mass is 19.4. The number of hydrogen-bond donors (Lipinski definition) is 1. The minimum Gasteiger partial charge on any atom is -0.478 e. The zero-order chi connectivity index (χ0) is 14.8. The van der Waals surface area contributed by atoms with E-state index in [-0.39, 0.29) is 17.2 Å².